The molecular formula is C16H23FIN5. The first-order chi connectivity index (χ1) is 10.7. The zero-order valence-corrected chi connectivity index (χ0v) is 15.5. The number of unbranched alkanes of at least 4 members (excludes halogenated alkanes) is 1. The first-order valence-corrected chi connectivity index (χ1v) is 7.53. The third kappa shape index (κ3) is 6.55. The Labute approximate surface area is 153 Å². The second-order valence-electron chi connectivity index (χ2n) is 5.03. The van der Waals surface area contributed by atoms with E-state index in [0.717, 1.165) is 37.2 Å². The molecule has 0 atom stereocenters. The maximum atomic E-state index is 12.9. The van der Waals surface area contributed by atoms with Gasteiger partial charge in [-0.25, -0.2) is 9.07 Å². The van der Waals surface area contributed by atoms with Crippen LogP contribution in [-0.2, 0) is 6.42 Å². The minimum absolute atomic E-state index is 0. The van der Waals surface area contributed by atoms with E-state index in [4.69, 9.17) is 5.73 Å². The van der Waals surface area contributed by atoms with Gasteiger partial charge in [0.1, 0.15) is 5.82 Å². The Bertz CT molecular complexity index is 609. The summed E-state index contributed by atoms with van der Waals surface area (Å²) < 4.78 is 14.6. The lowest BCUT2D eigenvalue weighted by atomic mass is 10.3. The van der Waals surface area contributed by atoms with Crippen LogP contribution in [0.5, 0.6) is 0 Å². The van der Waals surface area contributed by atoms with Crippen molar-refractivity contribution in [3.63, 3.8) is 0 Å². The quantitative estimate of drug-likeness (QED) is 0.307. The third-order valence-corrected chi connectivity index (χ3v) is 3.22. The third-order valence-electron chi connectivity index (χ3n) is 3.22. The van der Waals surface area contributed by atoms with Crippen LogP contribution < -0.4 is 11.1 Å². The largest absolute Gasteiger partial charge is 0.370 e. The van der Waals surface area contributed by atoms with Crippen molar-refractivity contribution in [2.45, 2.75) is 26.2 Å². The zero-order chi connectivity index (χ0) is 15.8. The Balaban J connectivity index is 0.00000264. The van der Waals surface area contributed by atoms with Gasteiger partial charge in [-0.2, -0.15) is 5.10 Å². The highest BCUT2D eigenvalue weighted by Crippen LogP contribution is 2.09. The lowest BCUT2D eigenvalue weighted by molar-refractivity contribution is 0.627. The topological polar surface area (TPSA) is 68.2 Å². The number of nitrogens with two attached hydrogens (primary N) is 1. The molecule has 23 heavy (non-hydrogen) atoms. The van der Waals surface area contributed by atoms with Gasteiger partial charge >= 0.3 is 0 Å². The molecule has 0 aliphatic rings. The summed E-state index contributed by atoms with van der Waals surface area (Å²) in [4.78, 5) is 4.23. The molecule has 0 saturated carbocycles. The molecule has 0 saturated heterocycles. The van der Waals surface area contributed by atoms with Gasteiger partial charge in [0, 0.05) is 25.7 Å². The van der Waals surface area contributed by atoms with E-state index >= 15 is 0 Å². The van der Waals surface area contributed by atoms with E-state index in [9.17, 15) is 4.39 Å². The minimum Gasteiger partial charge on any atom is -0.370 e. The molecule has 0 radical (unpaired) electrons. The maximum Gasteiger partial charge on any atom is 0.188 e. The molecule has 126 valence electrons. The lowest BCUT2D eigenvalue weighted by Gasteiger charge is -2.04. The smallest absolute Gasteiger partial charge is 0.188 e. The summed E-state index contributed by atoms with van der Waals surface area (Å²) >= 11 is 0. The monoisotopic (exact) mass is 431 g/mol. The number of aromatic nitrogens is 2. The number of hydrogen-bond donors (Lipinski definition) is 2. The van der Waals surface area contributed by atoms with Gasteiger partial charge in [-0.1, -0.05) is 13.3 Å². The van der Waals surface area contributed by atoms with Crippen LogP contribution in [0.2, 0.25) is 0 Å². The summed E-state index contributed by atoms with van der Waals surface area (Å²) in [5.41, 5.74) is 7.54. The van der Waals surface area contributed by atoms with E-state index in [2.05, 4.69) is 22.3 Å². The average molecular weight is 431 g/mol. The number of guanidine groups is 1. The zero-order valence-electron chi connectivity index (χ0n) is 13.2. The number of nitrogens with zero attached hydrogens (tertiary/aromatic N) is 3. The van der Waals surface area contributed by atoms with Crippen molar-refractivity contribution in [1.82, 2.24) is 15.1 Å². The number of rotatable bonds is 7. The molecule has 0 bridgehead atoms. The van der Waals surface area contributed by atoms with Crippen molar-refractivity contribution in [3.05, 3.63) is 48.0 Å². The first kappa shape index (κ1) is 19.4. The molecule has 5 nitrogen and oxygen atoms in total. The van der Waals surface area contributed by atoms with Gasteiger partial charge < -0.3 is 11.1 Å². The van der Waals surface area contributed by atoms with E-state index < -0.39 is 0 Å². The van der Waals surface area contributed by atoms with Gasteiger partial charge in [0.05, 0.1) is 11.4 Å². The van der Waals surface area contributed by atoms with E-state index in [1.54, 1.807) is 16.8 Å². The van der Waals surface area contributed by atoms with Crippen molar-refractivity contribution in [1.29, 1.82) is 0 Å². The molecule has 1 aromatic carbocycles. The number of aliphatic imine (C=N–C) groups is 1. The average Bonchev–Trinajstić information content (AvgIpc) is 2.97. The second kappa shape index (κ2) is 10.2. The molecule has 2 rings (SSSR count). The number of halogens is 2. The summed E-state index contributed by atoms with van der Waals surface area (Å²) in [6, 6.07) is 8.18. The molecule has 1 heterocycles. The van der Waals surface area contributed by atoms with E-state index in [0.29, 0.717) is 12.5 Å². The SMILES string of the molecule is CCCCN=C(N)NCCc1ccn(-c2ccc(F)cc2)n1.I. The Morgan fingerprint density at radius 2 is 2.04 bits per heavy atom. The van der Waals surface area contributed by atoms with Crippen LogP contribution in [-0.4, -0.2) is 28.8 Å². The molecule has 3 N–H and O–H groups in total. The standard InChI is InChI=1S/C16H22FN5.HI/c1-2-3-10-19-16(18)20-11-8-14-9-12-22(21-14)15-6-4-13(17)5-7-15;/h4-7,9,12H,2-3,8,10-11H2,1H3,(H3,18,19,20);1H. The Morgan fingerprint density at radius 1 is 1.30 bits per heavy atom. The molecule has 0 fully saturated rings. The maximum absolute atomic E-state index is 12.9. The van der Waals surface area contributed by atoms with Gasteiger partial charge in [-0.3, -0.25) is 4.99 Å². The van der Waals surface area contributed by atoms with Crippen LogP contribution in [0.15, 0.2) is 41.5 Å². The van der Waals surface area contributed by atoms with Gasteiger partial charge in [0.15, 0.2) is 5.96 Å². The van der Waals surface area contributed by atoms with Crippen molar-refractivity contribution in [2.24, 2.45) is 10.7 Å². The summed E-state index contributed by atoms with van der Waals surface area (Å²) in [6.45, 7) is 3.56. The van der Waals surface area contributed by atoms with E-state index in [-0.39, 0.29) is 29.8 Å². The molecule has 1 aromatic heterocycles. The van der Waals surface area contributed by atoms with Crippen molar-refractivity contribution in [2.75, 3.05) is 13.1 Å². The van der Waals surface area contributed by atoms with Crippen LogP contribution in [0.4, 0.5) is 4.39 Å². The molecule has 2 aromatic rings. The predicted octanol–water partition coefficient (Wildman–Crippen LogP) is 2.88. The Kier molecular flexibility index (Phi) is 8.60. The fourth-order valence-corrected chi connectivity index (χ4v) is 1.96. The summed E-state index contributed by atoms with van der Waals surface area (Å²) in [7, 11) is 0. The molecule has 0 unspecified atom stereocenters. The van der Waals surface area contributed by atoms with Crippen LogP contribution in [0.3, 0.4) is 0 Å². The van der Waals surface area contributed by atoms with Crippen LogP contribution >= 0.6 is 24.0 Å². The minimum atomic E-state index is -0.252. The molecule has 7 heteroatoms. The van der Waals surface area contributed by atoms with E-state index in [1.807, 2.05) is 12.3 Å². The molecule has 0 aliphatic carbocycles. The highest BCUT2D eigenvalue weighted by molar-refractivity contribution is 14.0. The first-order valence-electron chi connectivity index (χ1n) is 7.53. The summed E-state index contributed by atoms with van der Waals surface area (Å²) in [5.74, 6) is 0.226. The summed E-state index contributed by atoms with van der Waals surface area (Å²) in [6.07, 6.45) is 4.77. The lowest BCUT2D eigenvalue weighted by Crippen LogP contribution is -2.33. The number of hydrogen-bond acceptors (Lipinski definition) is 2. The Hall–Kier alpha value is -1.64. The summed E-state index contributed by atoms with van der Waals surface area (Å²) in [5, 5.41) is 7.53. The van der Waals surface area contributed by atoms with Crippen molar-refractivity contribution < 1.29 is 4.39 Å². The van der Waals surface area contributed by atoms with Gasteiger partial charge in [-0.15, -0.1) is 24.0 Å². The molecule has 0 spiro atoms. The van der Waals surface area contributed by atoms with Crippen LogP contribution in [0.1, 0.15) is 25.5 Å². The predicted molar refractivity (Wildman–Crippen MR) is 102 cm³/mol. The van der Waals surface area contributed by atoms with Gasteiger partial charge in [-0.05, 0) is 36.8 Å². The van der Waals surface area contributed by atoms with Crippen LogP contribution in [0.25, 0.3) is 5.69 Å². The number of nitrogens with one attached hydrogen (secondary N) is 1. The number of benzene rings is 1. The van der Waals surface area contributed by atoms with Crippen molar-refractivity contribution in [3.8, 4) is 5.69 Å². The van der Waals surface area contributed by atoms with Gasteiger partial charge in [0.25, 0.3) is 0 Å². The fraction of sp³-hybridized carbons (Fsp3) is 0.375. The van der Waals surface area contributed by atoms with Crippen LogP contribution in [0, 0.1) is 5.82 Å². The van der Waals surface area contributed by atoms with E-state index in [1.165, 1.54) is 12.1 Å². The normalized spacial score (nSPS) is 11.1. The highest BCUT2D eigenvalue weighted by atomic mass is 127. The molecule has 0 amide bonds. The van der Waals surface area contributed by atoms with Crippen molar-refractivity contribution >= 4 is 29.9 Å². The Morgan fingerprint density at radius 3 is 2.74 bits per heavy atom. The molecular weight excluding hydrogens is 408 g/mol. The molecule has 0 aliphatic heterocycles. The van der Waals surface area contributed by atoms with Gasteiger partial charge in [0.2, 0.25) is 0 Å². The second-order valence-corrected chi connectivity index (χ2v) is 5.03. The highest BCUT2D eigenvalue weighted by Gasteiger charge is 2.02. The fourth-order valence-electron chi connectivity index (χ4n) is 1.96.